The summed E-state index contributed by atoms with van der Waals surface area (Å²) in [5, 5.41) is 2.80. The van der Waals surface area contributed by atoms with Gasteiger partial charge in [0, 0.05) is 12.6 Å². The molecule has 0 spiro atoms. The Balaban J connectivity index is 1.88. The Morgan fingerprint density at radius 3 is 2.44 bits per heavy atom. The summed E-state index contributed by atoms with van der Waals surface area (Å²) < 4.78 is 39.8. The summed E-state index contributed by atoms with van der Waals surface area (Å²) >= 11 is 5.87. The second-order valence-corrected chi connectivity index (χ2v) is 11.7. The van der Waals surface area contributed by atoms with E-state index in [1.807, 2.05) is 31.2 Å². The second-order valence-electron chi connectivity index (χ2n) is 9.40. The van der Waals surface area contributed by atoms with Crippen LogP contribution in [-0.4, -0.2) is 50.0 Å². The van der Waals surface area contributed by atoms with Gasteiger partial charge in [-0.25, -0.2) is 12.8 Å². The summed E-state index contributed by atoms with van der Waals surface area (Å²) in [4.78, 5) is 28.1. The quantitative estimate of drug-likeness (QED) is 0.513. The lowest BCUT2D eigenvalue weighted by Gasteiger charge is -2.33. The zero-order chi connectivity index (χ0) is 26.5. The van der Waals surface area contributed by atoms with Crippen molar-refractivity contribution in [3.63, 3.8) is 0 Å². The first-order valence-electron chi connectivity index (χ1n) is 12.0. The van der Waals surface area contributed by atoms with Crippen LogP contribution < -0.4 is 9.62 Å². The predicted octanol–water partition coefficient (Wildman–Crippen LogP) is 4.42. The number of nitrogens with zero attached hydrogens (tertiary/aromatic N) is 2. The third-order valence-electron chi connectivity index (χ3n) is 6.42. The van der Waals surface area contributed by atoms with Crippen LogP contribution in [0.5, 0.6) is 0 Å². The molecule has 1 N–H and O–H groups in total. The van der Waals surface area contributed by atoms with Gasteiger partial charge in [0.25, 0.3) is 0 Å². The maximum Gasteiger partial charge on any atom is 0.244 e. The Morgan fingerprint density at radius 1 is 1.14 bits per heavy atom. The van der Waals surface area contributed by atoms with Crippen molar-refractivity contribution in [1.82, 2.24) is 10.2 Å². The smallest absolute Gasteiger partial charge is 0.244 e. The highest BCUT2D eigenvalue weighted by Crippen LogP contribution is 2.25. The standard InChI is InChI=1S/C26H33ClFN3O4S/c1-18-8-7-9-20(14-18)16-30(19(2)26(33)29-21-10-5-4-6-11-21)25(32)17-31(36(3,34)35)22-12-13-24(28)23(27)15-22/h7-9,12-15,19,21H,4-6,10-11,16-17H2,1-3H3,(H,29,33)/t19-/m0/s1. The van der Waals surface area contributed by atoms with Crippen molar-refractivity contribution in [2.45, 2.75) is 64.6 Å². The molecular weight excluding hydrogens is 505 g/mol. The van der Waals surface area contributed by atoms with Crippen molar-refractivity contribution in [1.29, 1.82) is 0 Å². The Labute approximate surface area is 217 Å². The molecule has 0 radical (unpaired) electrons. The number of carbonyl (C=O) groups is 2. The normalized spacial score (nSPS) is 15.2. The van der Waals surface area contributed by atoms with E-state index in [9.17, 15) is 22.4 Å². The van der Waals surface area contributed by atoms with Gasteiger partial charge in [-0.15, -0.1) is 0 Å². The number of aryl methyl sites for hydroxylation is 1. The highest BCUT2D eigenvalue weighted by atomic mass is 35.5. The van der Waals surface area contributed by atoms with E-state index in [0.717, 1.165) is 65.9 Å². The molecule has 2 aromatic carbocycles. The minimum absolute atomic E-state index is 0.0621. The fourth-order valence-electron chi connectivity index (χ4n) is 4.41. The number of carbonyl (C=O) groups excluding carboxylic acids is 2. The predicted molar refractivity (Wildman–Crippen MR) is 140 cm³/mol. The van der Waals surface area contributed by atoms with Crippen LogP contribution in [0.2, 0.25) is 5.02 Å². The van der Waals surface area contributed by atoms with Crippen molar-refractivity contribution in [2.75, 3.05) is 17.1 Å². The van der Waals surface area contributed by atoms with Crippen molar-refractivity contribution < 1.29 is 22.4 Å². The van der Waals surface area contributed by atoms with E-state index in [1.54, 1.807) is 6.92 Å². The number of anilines is 1. The molecule has 10 heteroatoms. The number of rotatable bonds is 9. The van der Waals surface area contributed by atoms with Crippen LogP contribution in [0, 0.1) is 12.7 Å². The van der Waals surface area contributed by atoms with Crippen molar-refractivity contribution in [3.8, 4) is 0 Å². The third-order valence-corrected chi connectivity index (χ3v) is 7.85. The maximum absolute atomic E-state index is 13.7. The molecule has 1 atom stereocenters. The summed E-state index contributed by atoms with van der Waals surface area (Å²) in [6.45, 7) is 3.14. The zero-order valence-electron chi connectivity index (χ0n) is 20.8. The molecule has 1 aliphatic carbocycles. The van der Waals surface area contributed by atoms with Crippen LogP contribution in [0.25, 0.3) is 0 Å². The topological polar surface area (TPSA) is 86.8 Å². The number of sulfonamides is 1. The molecule has 0 unspecified atom stereocenters. The molecule has 3 rings (SSSR count). The average Bonchev–Trinajstić information content (AvgIpc) is 2.82. The third kappa shape index (κ3) is 7.43. The molecular formula is C26H33ClFN3O4S. The Bertz CT molecular complexity index is 1200. The Hall–Kier alpha value is -2.65. The zero-order valence-corrected chi connectivity index (χ0v) is 22.4. The summed E-state index contributed by atoms with van der Waals surface area (Å²) in [5.41, 5.74) is 1.88. The van der Waals surface area contributed by atoms with Gasteiger partial charge in [0.15, 0.2) is 0 Å². The number of amides is 2. The van der Waals surface area contributed by atoms with E-state index in [0.29, 0.717) is 0 Å². The van der Waals surface area contributed by atoms with Gasteiger partial charge < -0.3 is 10.2 Å². The first-order chi connectivity index (χ1) is 17.0. The van der Waals surface area contributed by atoms with Crippen LogP contribution in [-0.2, 0) is 26.2 Å². The SMILES string of the molecule is Cc1cccc(CN(C(=O)CN(c2ccc(F)c(Cl)c2)S(C)(=O)=O)[C@@H](C)C(=O)NC2CCCCC2)c1. The van der Waals surface area contributed by atoms with E-state index in [1.165, 1.54) is 11.0 Å². The number of halogens is 2. The molecule has 196 valence electrons. The largest absolute Gasteiger partial charge is 0.352 e. The monoisotopic (exact) mass is 537 g/mol. The van der Waals surface area contributed by atoms with Gasteiger partial charge in [-0.2, -0.15) is 0 Å². The van der Waals surface area contributed by atoms with Crippen LogP contribution in [0.3, 0.4) is 0 Å². The molecule has 36 heavy (non-hydrogen) atoms. The molecule has 1 saturated carbocycles. The molecule has 0 heterocycles. The minimum atomic E-state index is -3.92. The molecule has 2 aromatic rings. The van der Waals surface area contributed by atoms with Gasteiger partial charge in [0.1, 0.15) is 18.4 Å². The first kappa shape index (κ1) is 27.9. The summed E-state index contributed by atoms with van der Waals surface area (Å²) in [6, 6.07) is 10.3. The number of hydrogen-bond acceptors (Lipinski definition) is 4. The fraction of sp³-hybridized carbons (Fsp3) is 0.462. The summed E-state index contributed by atoms with van der Waals surface area (Å²) in [6.07, 6.45) is 6.01. The van der Waals surface area contributed by atoms with E-state index in [4.69, 9.17) is 11.6 Å². The number of hydrogen-bond donors (Lipinski definition) is 1. The van der Waals surface area contributed by atoms with Gasteiger partial charge in [0.05, 0.1) is 17.0 Å². The van der Waals surface area contributed by atoms with Gasteiger partial charge >= 0.3 is 0 Å². The van der Waals surface area contributed by atoms with Crippen molar-refractivity contribution in [2.24, 2.45) is 0 Å². The lowest BCUT2D eigenvalue weighted by atomic mass is 9.95. The van der Waals surface area contributed by atoms with E-state index < -0.39 is 34.3 Å². The Kier molecular flexibility index (Phi) is 9.35. The molecule has 2 amide bonds. The Morgan fingerprint density at radius 2 is 1.83 bits per heavy atom. The van der Waals surface area contributed by atoms with E-state index >= 15 is 0 Å². The molecule has 0 aromatic heterocycles. The molecule has 0 bridgehead atoms. The fourth-order valence-corrected chi connectivity index (χ4v) is 5.43. The summed E-state index contributed by atoms with van der Waals surface area (Å²) in [5.74, 6) is -1.54. The van der Waals surface area contributed by atoms with Crippen LogP contribution in [0.1, 0.15) is 50.2 Å². The van der Waals surface area contributed by atoms with Crippen molar-refractivity contribution in [3.05, 3.63) is 64.4 Å². The van der Waals surface area contributed by atoms with Crippen LogP contribution in [0.4, 0.5) is 10.1 Å². The first-order valence-corrected chi connectivity index (χ1v) is 14.3. The number of benzene rings is 2. The molecule has 1 aliphatic rings. The summed E-state index contributed by atoms with van der Waals surface area (Å²) in [7, 11) is -3.92. The molecule has 1 fully saturated rings. The van der Waals surface area contributed by atoms with Gasteiger partial charge in [-0.05, 0) is 50.5 Å². The highest BCUT2D eigenvalue weighted by molar-refractivity contribution is 7.92. The van der Waals surface area contributed by atoms with E-state index in [-0.39, 0.29) is 29.2 Å². The van der Waals surface area contributed by atoms with Gasteiger partial charge in [-0.1, -0.05) is 60.7 Å². The maximum atomic E-state index is 13.7. The van der Waals surface area contributed by atoms with Gasteiger partial charge in [0.2, 0.25) is 21.8 Å². The number of nitrogens with one attached hydrogen (secondary N) is 1. The molecule has 0 saturated heterocycles. The average molecular weight is 538 g/mol. The molecule has 0 aliphatic heterocycles. The van der Waals surface area contributed by atoms with Crippen LogP contribution >= 0.6 is 11.6 Å². The lowest BCUT2D eigenvalue weighted by Crippen LogP contribution is -2.53. The van der Waals surface area contributed by atoms with Gasteiger partial charge in [-0.3, -0.25) is 13.9 Å². The molecule has 7 nitrogen and oxygen atoms in total. The lowest BCUT2D eigenvalue weighted by molar-refractivity contribution is -0.139. The van der Waals surface area contributed by atoms with Crippen molar-refractivity contribution >= 4 is 39.1 Å². The highest BCUT2D eigenvalue weighted by Gasteiger charge is 2.31. The van der Waals surface area contributed by atoms with E-state index in [2.05, 4.69) is 5.32 Å². The second kappa shape index (κ2) is 12.1. The van der Waals surface area contributed by atoms with Crippen LogP contribution in [0.15, 0.2) is 42.5 Å². The minimum Gasteiger partial charge on any atom is -0.352 e.